The number of aromatic nitrogens is 1. The fraction of sp³-hybridized carbons (Fsp3) is 0.323. The van der Waals surface area contributed by atoms with Gasteiger partial charge in [0.15, 0.2) is 5.12 Å². The van der Waals surface area contributed by atoms with Gasteiger partial charge in [0.25, 0.3) is 0 Å². The Morgan fingerprint density at radius 2 is 1.51 bits per heavy atom. The number of benzene rings is 3. The van der Waals surface area contributed by atoms with E-state index < -0.39 is 22.4 Å². The number of carbonyl (C=O) groups is 2. The van der Waals surface area contributed by atoms with Crippen LogP contribution in [0.3, 0.4) is 0 Å². The summed E-state index contributed by atoms with van der Waals surface area (Å²) in [4.78, 5) is 31.7. The van der Waals surface area contributed by atoms with Gasteiger partial charge < -0.3 is 5.11 Å². The van der Waals surface area contributed by atoms with Gasteiger partial charge in [-0.3, -0.25) is 9.59 Å². The number of hydrogen-bond acceptors (Lipinski definition) is 4. The minimum atomic E-state index is -1.43. The van der Waals surface area contributed by atoms with Crippen LogP contribution in [0.2, 0.25) is 0 Å². The van der Waals surface area contributed by atoms with Crippen LogP contribution in [0.5, 0.6) is 0 Å². The van der Waals surface area contributed by atoms with Gasteiger partial charge in [-0.2, -0.15) is 0 Å². The van der Waals surface area contributed by atoms with E-state index in [9.17, 15) is 14.7 Å². The van der Waals surface area contributed by atoms with Crippen molar-refractivity contribution >= 4 is 45.3 Å². The Labute approximate surface area is 228 Å². The monoisotopic (exact) mass is 531 g/mol. The number of aryl methyl sites for hydroxylation is 2. The second-order valence-corrected chi connectivity index (χ2v) is 10.9. The maximum Gasteiger partial charge on any atom is 0.308 e. The smallest absolute Gasteiger partial charge is 0.308 e. The molecule has 0 aliphatic carbocycles. The lowest BCUT2D eigenvalue weighted by molar-refractivity contribution is -0.146. The van der Waals surface area contributed by atoms with Gasteiger partial charge in [0.05, 0.1) is 16.1 Å². The van der Waals surface area contributed by atoms with E-state index in [4.69, 9.17) is 4.98 Å². The summed E-state index contributed by atoms with van der Waals surface area (Å²) in [6.45, 7) is 6.44. The van der Waals surface area contributed by atoms with Crippen LogP contribution in [-0.2, 0) is 47.1 Å². The summed E-state index contributed by atoms with van der Waals surface area (Å²) in [5.74, 6) is -2.07. The van der Waals surface area contributed by atoms with Gasteiger partial charge in [-0.05, 0) is 66.0 Å². The summed E-state index contributed by atoms with van der Waals surface area (Å²) in [5, 5.41) is 10.6. The molecule has 1 heterocycles. The van der Waals surface area contributed by atoms with Gasteiger partial charge in [-0.1, -0.05) is 81.4 Å². The summed E-state index contributed by atoms with van der Waals surface area (Å²) in [6.07, 6.45) is 3.05. The molecule has 0 bridgehead atoms. The van der Waals surface area contributed by atoms with Gasteiger partial charge in [0.1, 0.15) is 10.4 Å². The molecular formula is C31H33NO3S2. The molecule has 2 atom stereocenters. The van der Waals surface area contributed by atoms with Crippen molar-refractivity contribution in [2.45, 2.75) is 58.3 Å². The molecule has 0 aliphatic rings. The Morgan fingerprint density at radius 1 is 0.919 bits per heavy atom. The minimum absolute atomic E-state index is 0.201. The summed E-state index contributed by atoms with van der Waals surface area (Å²) in [7, 11) is 0. The Morgan fingerprint density at radius 3 is 2.03 bits per heavy atom. The van der Waals surface area contributed by atoms with Crippen LogP contribution in [-0.4, -0.2) is 21.2 Å². The van der Waals surface area contributed by atoms with Gasteiger partial charge in [0.2, 0.25) is 0 Å². The number of thiol groups is 1. The molecule has 0 amide bonds. The summed E-state index contributed by atoms with van der Waals surface area (Å²) < 4.78 is 0.997. The van der Waals surface area contributed by atoms with Crippen LogP contribution < -0.4 is 0 Å². The van der Waals surface area contributed by atoms with E-state index >= 15 is 0 Å². The number of rotatable bonds is 11. The average Bonchev–Trinajstić information content (AvgIpc) is 3.34. The van der Waals surface area contributed by atoms with E-state index in [0.717, 1.165) is 40.6 Å². The molecule has 4 nitrogen and oxygen atoms in total. The van der Waals surface area contributed by atoms with E-state index in [1.807, 2.05) is 60.7 Å². The number of carboxylic acids is 1. The van der Waals surface area contributed by atoms with Crippen molar-refractivity contribution < 1.29 is 14.7 Å². The molecule has 0 saturated carbocycles. The Kier molecular flexibility index (Phi) is 8.50. The lowest BCUT2D eigenvalue weighted by Crippen LogP contribution is -2.47. The highest BCUT2D eigenvalue weighted by Crippen LogP contribution is 2.45. The van der Waals surface area contributed by atoms with Crippen LogP contribution in [0.15, 0.2) is 66.7 Å². The molecule has 192 valence electrons. The van der Waals surface area contributed by atoms with Crippen LogP contribution in [0.4, 0.5) is 0 Å². The fourth-order valence-electron chi connectivity index (χ4n) is 5.46. The Bertz CT molecular complexity index is 1400. The van der Waals surface area contributed by atoms with Crippen molar-refractivity contribution in [1.82, 2.24) is 4.98 Å². The third kappa shape index (κ3) is 5.23. The molecule has 4 rings (SSSR count). The molecule has 37 heavy (non-hydrogen) atoms. The summed E-state index contributed by atoms with van der Waals surface area (Å²) in [5.41, 5.74) is 4.97. The first-order chi connectivity index (χ1) is 17.8. The molecule has 3 aromatic carbocycles. The number of nitrogens with zero attached hydrogens (tertiary/aromatic N) is 1. The van der Waals surface area contributed by atoms with Crippen molar-refractivity contribution in [2.75, 3.05) is 0 Å². The number of thiazole rings is 1. The van der Waals surface area contributed by atoms with Gasteiger partial charge >= 0.3 is 5.97 Å². The maximum atomic E-state index is 13.7. The van der Waals surface area contributed by atoms with Crippen LogP contribution in [0, 0.1) is 5.92 Å². The van der Waals surface area contributed by atoms with E-state index in [1.54, 1.807) is 0 Å². The first kappa shape index (κ1) is 27.1. The molecule has 0 aliphatic heterocycles. The molecule has 0 fully saturated rings. The SMILES string of the molecule is CCc1cc2sc(C(Cc3ccccc3)(C(=O)S)C(Cc3ccccc3)C(=O)O)nc2c(CC)c1CC. The number of hydrogen-bond donors (Lipinski definition) is 2. The molecule has 4 aromatic rings. The average molecular weight is 532 g/mol. The molecule has 1 N–H and O–H groups in total. The van der Waals surface area contributed by atoms with E-state index in [1.165, 1.54) is 28.0 Å². The topological polar surface area (TPSA) is 67.3 Å². The predicted molar refractivity (Wildman–Crippen MR) is 155 cm³/mol. The highest BCUT2D eigenvalue weighted by molar-refractivity contribution is 7.96. The zero-order chi connectivity index (χ0) is 26.6. The molecule has 1 aromatic heterocycles. The quantitative estimate of drug-likeness (QED) is 0.207. The van der Waals surface area contributed by atoms with Crippen molar-refractivity contribution in [1.29, 1.82) is 0 Å². The van der Waals surface area contributed by atoms with Crippen molar-refractivity contribution in [3.8, 4) is 0 Å². The Balaban J connectivity index is 2.01. The largest absolute Gasteiger partial charge is 0.481 e. The molecule has 0 saturated heterocycles. The van der Waals surface area contributed by atoms with Gasteiger partial charge in [-0.15, -0.1) is 24.0 Å². The van der Waals surface area contributed by atoms with Gasteiger partial charge in [-0.25, -0.2) is 4.98 Å². The van der Waals surface area contributed by atoms with Crippen molar-refractivity contribution in [3.05, 3.63) is 99.6 Å². The van der Waals surface area contributed by atoms with Crippen LogP contribution in [0.1, 0.15) is 53.6 Å². The predicted octanol–water partition coefficient (Wildman–Crippen LogP) is 6.86. The Hall–Kier alpha value is -2.96. The molecule has 0 spiro atoms. The van der Waals surface area contributed by atoms with Crippen molar-refractivity contribution in [3.63, 3.8) is 0 Å². The second-order valence-electron chi connectivity index (χ2n) is 9.44. The molecule has 6 heteroatoms. The maximum absolute atomic E-state index is 13.7. The minimum Gasteiger partial charge on any atom is -0.481 e. The second kappa shape index (κ2) is 11.6. The lowest BCUT2D eigenvalue weighted by Gasteiger charge is -2.34. The molecule has 2 unspecified atom stereocenters. The van der Waals surface area contributed by atoms with Gasteiger partial charge in [0, 0.05) is 0 Å². The zero-order valence-corrected chi connectivity index (χ0v) is 23.2. The highest BCUT2D eigenvalue weighted by Gasteiger charge is 2.51. The number of carboxylic acid groups (broad SMARTS) is 1. The van der Waals surface area contributed by atoms with E-state index in [0.29, 0.717) is 5.01 Å². The third-order valence-corrected chi connectivity index (χ3v) is 8.93. The summed E-state index contributed by atoms with van der Waals surface area (Å²) >= 11 is 5.84. The van der Waals surface area contributed by atoms with Crippen molar-refractivity contribution in [2.24, 2.45) is 5.92 Å². The first-order valence-electron chi connectivity index (χ1n) is 12.8. The number of aliphatic carboxylic acids is 1. The molecule has 0 radical (unpaired) electrons. The van der Waals surface area contributed by atoms with Crippen LogP contribution >= 0.6 is 24.0 Å². The number of fused-ring (bicyclic) bond motifs is 1. The van der Waals surface area contributed by atoms with Crippen LogP contribution in [0.25, 0.3) is 10.2 Å². The van der Waals surface area contributed by atoms with E-state index in [-0.39, 0.29) is 12.8 Å². The lowest BCUT2D eigenvalue weighted by atomic mass is 9.70. The fourth-order valence-corrected chi connectivity index (χ4v) is 7.18. The highest BCUT2D eigenvalue weighted by atomic mass is 32.1. The third-order valence-electron chi connectivity index (χ3n) is 7.35. The molecular weight excluding hydrogens is 498 g/mol. The summed E-state index contributed by atoms with van der Waals surface area (Å²) in [6, 6.07) is 21.3. The number of carbonyl (C=O) groups excluding carboxylic acids is 1. The normalized spacial score (nSPS) is 13.8. The van der Waals surface area contributed by atoms with E-state index in [2.05, 4.69) is 39.5 Å². The standard InChI is InChI=1S/C31H33NO3S2/c1-4-22-18-26-27(24(6-3)23(22)5-2)32-29(37-26)31(30(35)36,19-21-15-11-8-12-16-21)25(28(33)34)17-20-13-9-7-10-14-20/h7-16,18,25H,4-6,17,19H2,1-3H3,(H,33,34)(H,35,36). The first-order valence-corrected chi connectivity index (χ1v) is 14.1. The zero-order valence-electron chi connectivity index (χ0n) is 21.5.